The summed E-state index contributed by atoms with van der Waals surface area (Å²) >= 11 is 0. The summed E-state index contributed by atoms with van der Waals surface area (Å²) in [7, 11) is 0. The molecule has 2 heterocycles. The summed E-state index contributed by atoms with van der Waals surface area (Å²) in [4.78, 5) is 41.3. The van der Waals surface area contributed by atoms with E-state index >= 15 is 0 Å². The minimum Gasteiger partial charge on any atom is -0.460 e. The number of imide groups is 1. The summed E-state index contributed by atoms with van der Waals surface area (Å²) in [5, 5.41) is 0. The van der Waals surface area contributed by atoms with Crippen molar-refractivity contribution in [3.63, 3.8) is 0 Å². The van der Waals surface area contributed by atoms with Gasteiger partial charge in [-0.3, -0.25) is 19.5 Å². The summed E-state index contributed by atoms with van der Waals surface area (Å²) in [6.07, 6.45) is 1.43. The Morgan fingerprint density at radius 1 is 1.09 bits per heavy atom. The maximum absolute atomic E-state index is 12.1. The van der Waals surface area contributed by atoms with Gasteiger partial charge in [-0.25, -0.2) is 4.79 Å². The molecule has 0 atom stereocenters. The lowest BCUT2D eigenvalue weighted by molar-refractivity contribution is 0.0420. The van der Waals surface area contributed by atoms with Crippen LogP contribution in [0, 0.1) is 6.92 Å². The third-order valence-corrected chi connectivity index (χ3v) is 3.57. The molecule has 1 aromatic carbocycles. The number of rotatable bonds is 4. The van der Waals surface area contributed by atoms with Crippen molar-refractivity contribution in [1.29, 1.82) is 0 Å². The predicted molar refractivity (Wildman–Crippen MR) is 81.1 cm³/mol. The van der Waals surface area contributed by atoms with Crippen molar-refractivity contribution >= 4 is 17.8 Å². The number of nitrogens with zero attached hydrogens (tertiary/aromatic N) is 2. The van der Waals surface area contributed by atoms with E-state index in [4.69, 9.17) is 4.74 Å². The Morgan fingerprint density at radius 2 is 1.74 bits per heavy atom. The van der Waals surface area contributed by atoms with Crippen LogP contribution in [-0.4, -0.2) is 40.8 Å². The fraction of sp³-hybridized carbons (Fsp3) is 0.176. The number of carbonyl (C=O) groups is 3. The lowest BCUT2D eigenvalue weighted by Gasteiger charge is -2.13. The van der Waals surface area contributed by atoms with E-state index < -0.39 is 5.97 Å². The Hall–Kier alpha value is -3.02. The topological polar surface area (TPSA) is 76.6 Å². The fourth-order valence-electron chi connectivity index (χ4n) is 2.34. The Kier molecular flexibility index (Phi) is 3.89. The van der Waals surface area contributed by atoms with Crippen LogP contribution in [0.5, 0.6) is 0 Å². The predicted octanol–water partition coefficient (Wildman–Crippen LogP) is 1.84. The molecule has 0 saturated heterocycles. The first-order chi connectivity index (χ1) is 11.1. The quantitative estimate of drug-likeness (QED) is 0.636. The molecule has 1 aliphatic rings. The van der Waals surface area contributed by atoms with Gasteiger partial charge in [0.1, 0.15) is 6.61 Å². The zero-order valence-electron chi connectivity index (χ0n) is 12.5. The highest BCUT2D eigenvalue weighted by Crippen LogP contribution is 2.21. The van der Waals surface area contributed by atoms with Gasteiger partial charge in [0, 0.05) is 11.9 Å². The van der Waals surface area contributed by atoms with Gasteiger partial charge in [0.2, 0.25) is 0 Å². The second-order valence-corrected chi connectivity index (χ2v) is 5.13. The van der Waals surface area contributed by atoms with E-state index in [0.29, 0.717) is 16.7 Å². The molecule has 0 aliphatic carbocycles. The molecule has 6 heteroatoms. The fourth-order valence-corrected chi connectivity index (χ4v) is 2.34. The van der Waals surface area contributed by atoms with Gasteiger partial charge >= 0.3 is 5.97 Å². The summed E-state index contributed by atoms with van der Waals surface area (Å²) in [6.45, 7) is 1.78. The summed E-state index contributed by atoms with van der Waals surface area (Å²) in [5.41, 5.74) is 1.89. The zero-order chi connectivity index (χ0) is 16.4. The van der Waals surface area contributed by atoms with Crippen LogP contribution in [0.2, 0.25) is 0 Å². The zero-order valence-corrected chi connectivity index (χ0v) is 12.5. The monoisotopic (exact) mass is 310 g/mol. The number of hydrogen-bond acceptors (Lipinski definition) is 5. The van der Waals surface area contributed by atoms with Crippen LogP contribution in [0.15, 0.2) is 42.6 Å². The maximum atomic E-state index is 12.1. The first-order valence-electron chi connectivity index (χ1n) is 7.13. The van der Waals surface area contributed by atoms with Crippen molar-refractivity contribution in [3.8, 4) is 0 Å². The average Bonchev–Trinajstić information content (AvgIpc) is 2.81. The summed E-state index contributed by atoms with van der Waals surface area (Å²) < 4.78 is 5.10. The van der Waals surface area contributed by atoms with Crippen LogP contribution in [0.1, 0.15) is 36.8 Å². The molecule has 116 valence electrons. The van der Waals surface area contributed by atoms with Crippen LogP contribution in [0.3, 0.4) is 0 Å². The highest BCUT2D eigenvalue weighted by Gasteiger charge is 2.34. The number of pyridine rings is 1. The van der Waals surface area contributed by atoms with E-state index in [9.17, 15) is 14.4 Å². The SMILES string of the molecule is Cc1ccc(C(=O)OCCN2C(=O)c3ccccc3C2=O)cn1. The standard InChI is InChI=1S/C17H14N2O4/c1-11-6-7-12(10-18-11)17(22)23-9-8-19-15(20)13-4-2-3-5-14(13)16(19)21/h2-7,10H,8-9H2,1H3. The molecule has 0 N–H and O–H groups in total. The molecule has 2 aromatic rings. The number of amides is 2. The average molecular weight is 310 g/mol. The van der Waals surface area contributed by atoms with Crippen molar-refractivity contribution in [1.82, 2.24) is 9.88 Å². The molecule has 3 rings (SSSR count). The van der Waals surface area contributed by atoms with Crippen LogP contribution in [0.4, 0.5) is 0 Å². The summed E-state index contributed by atoms with van der Waals surface area (Å²) in [6, 6.07) is 9.96. The second kappa shape index (κ2) is 6.00. The van der Waals surface area contributed by atoms with Crippen LogP contribution in [-0.2, 0) is 4.74 Å². The number of carbonyl (C=O) groups excluding carboxylic acids is 3. The second-order valence-electron chi connectivity index (χ2n) is 5.13. The Labute approximate surface area is 132 Å². The number of hydrogen-bond donors (Lipinski definition) is 0. The summed E-state index contributed by atoms with van der Waals surface area (Å²) in [5.74, 6) is -1.26. The van der Waals surface area contributed by atoms with Crippen molar-refractivity contribution in [2.75, 3.05) is 13.2 Å². The molecule has 2 amide bonds. The van der Waals surface area contributed by atoms with Crippen molar-refractivity contribution in [2.24, 2.45) is 0 Å². The lowest BCUT2D eigenvalue weighted by Crippen LogP contribution is -2.33. The molecular weight excluding hydrogens is 296 g/mol. The Morgan fingerprint density at radius 3 is 2.30 bits per heavy atom. The van der Waals surface area contributed by atoms with Gasteiger partial charge < -0.3 is 4.74 Å². The first kappa shape index (κ1) is 14.9. The van der Waals surface area contributed by atoms with Gasteiger partial charge in [0.05, 0.1) is 23.2 Å². The van der Waals surface area contributed by atoms with Crippen molar-refractivity contribution < 1.29 is 19.1 Å². The molecule has 0 radical (unpaired) electrons. The number of benzene rings is 1. The van der Waals surface area contributed by atoms with Gasteiger partial charge in [-0.05, 0) is 31.2 Å². The maximum Gasteiger partial charge on any atom is 0.339 e. The molecule has 6 nitrogen and oxygen atoms in total. The van der Waals surface area contributed by atoms with Crippen molar-refractivity contribution in [2.45, 2.75) is 6.92 Å². The number of aromatic nitrogens is 1. The minimum atomic E-state index is -0.533. The third kappa shape index (κ3) is 2.83. The van der Waals surface area contributed by atoms with Gasteiger partial charge in [0.25, 0.3) is 11.8 Å². The molecule has 1 aromatic heterocycles. The van der Waals surface area contributed by atoms with E-state index in [0.717, 1.165) is 10.6 Å². The first-order valence-corrected chi connectivity index (χ1v) is 7.13. The highest BCUT2D eigenvalue weighted by molar-refractivity contribution is 6.21. The van der Waals surface area contributed by atoms with Crippen LogP contribution < -0.4 is 0 Å². The van der Waals surface area contributed by atoms with Crippen LogP contribution >= 0.6 is 0 Å². The molecule has 0 bridgehead atoms. The highest BCUT2D eigenvalue weighted by atomic mass is 16.5. The molecule has 1 aliphatic heterocycles. The van der Waals surface area contributed by atoms with E-state index in [2.05, 4.69) is 4.98 Å². The largest absolute Gasteiger partial charge is 0.460 e. The van der Waals surface area contributed by atoms with Crippen LogP contribution in [0.25, 0.3) is 0 Å². The molecule has 0 spiro atoms. The van der Waals surface area contributed by atoms with Gasteiger partial charge in [0.15, 0.2) is 0 Å². The van der Waals surface area contributed by atoms with E-state index in [-0.39, 0.29) is 25.0 Å². The van der Waals surface area contributed by atoms with E-state index in [1.54, 1.807) is 36.4 Å². The number of aryl methyl sites for hydroxylation is 1. The van der Waals surface area contributed by atoms with Crippen molar-refractivity contribution in [3.05, 3.63) is 65.0 Å². The van der Waals surface area contributed by atoms with Gasteiger partial charge in [-0.15, -0.1) is 0 Å². The minimum absolute atomic E-state index is 0.0252. The molecule has 0 saturated carbocycles. The number of esters is 1. The molecular formula is C17H14N2O4. The lowest BCUT2D eigenvalue weighted by atomic mass is 10.1. The number of ether oxygens (including phenoxy) is 1. The number of fused-ring (bicyclic) bond motifs is 1. The Balaban J connectivity index is 1.60. The van der Waals surface area contributed by atoms with E-state index in [1.165, 1.54) is 6.20 Å². The molecule has 23 heavy (non-hydrogen) atoms. The normalized spacial score (nSPS) is 13.2. The third-order valence-electron chi connectivity index (χ3n) is 3.57. The van der Waals surface area contributed by atoms with E-state index in [1.807, 2.05) is 6.92 Å². The smallest absolute Gasteiger partial charge is 0.339 e. The molecule has 0 fully saturated rings. The van der Waals surface area contributed by atoms with Gasteiger partial charge in [-0.2, -0.15) is 0 Å². The Bertz CT molecular complexity index is 748. The van der Waals surface area contributed by atoms with Gasteiger partial charge in [-0.1, -0.05) is 12.1 Å². The molecule has 0 unspecified atom stereocenters.